The molecule has 3 rings (SSSR count). The summed E-state index contributed by atoms with van der Waals surface area (Å²) >= 11 is 0. The Balaban J connectivity index is 1.87. The van der Waals surface area contributed by atoms with Gasteiger partial charge in [0.25, 0.3) is 0 Å². The number of carbonyl (C=O) groups is 1. The van der Waals surface area contributed by atoms with Gasteiger partial charge in [-0.25, -0.2) is 4.68 Å². The van der Waals surface area contributed by atoms with Crippen molar-refractivity contribution in [3.8, 4) is 5.69 Å². The Bertz CT molecular complexity index is 612. The smallest absolute Gasteiger partial charge is 0.246 e. The molecule has 0 aliphatic carbocycles. The van der Waals surface area contributed by atoms with E-state index >= 15 is 0 Å². The quantitative estimate of drug-likeness (QED) is 0.872. The van der Waals surface area contributed by atoms with Gasteiger partial charge in [0.05, 0.1) is 17.4 Å². The molecule has 2 aromatic rings. The van der Waals surface area contributed by atoms with Gasteiger partial charge in [-0.3, -0.25) is 4.79 Å². The lowest BCUT2D eigenvalue weighted by atomic mass is 10.1. The fraction of sp³-hybridized carbons (Fsp3) is 0.333. The second-order valence-electron chi connectivity index (χ2n) is 4.92. The predicted octanol–water partition coefficient (Wildman–Crippen LogP) is 0.811. The van der Waals surface area contributed by atoms with E-state index in [1.54, 1.807) is 6.20 Å². The molecule has 0 spiro atoms. The standard InChI is InChI=1S/C15H17N3O3/c19-10-14(20)17-12-7-9-21-15(12)13-6-8-16-18(13)11-4-2-1-3-5-11/h1-6,8,12,15,19H,7,9-10H2,(H,17,20)/t12-,15-/m0/s1. The van der Waals surface area contributed by atoms with E-state index in [0.29, 0.717) is 6.61 Å². The number of aliphatic hydroxyl groups excluding tert-OH is 1. The zero-order valence-corrected chi connectivity index (χ0v) is 11.5. The highest BCUT2D eigenvalue weighted by Gasteiger charge is 2.33. The third-order valence-electron chi connectivity index (χ3n) is 3.55. The van der Waals surface area contributed by atoms with E-state index in [4.69, 9.17) is 9.84 Å². The Morgan fingerprint density at radius 1 is 1.38 bits per heavy atom. The molecule has 1 aliphatic heterocycles. The van der Waals surface area contributed by atoms with Gasteiger partial charge in [0.1, 0.15) is 12.7 Å². The monoisotopic (exact) mass is 287 g/mol. The lowest BCUT2D eigenvalue weighted by molar-refractivity contribution is -0.125. The van der Waals surface area contributed by atoms with Crippen LogP contribution < -0.4 is 5.32 Å². The Morgan fingerprint density at radius 2 is 2.19 bits per heavy atom. The predicted molar refractivity (Wildman–Crippen MR) is 75.9 cm³/mol. The summed E-state index contributed by atoms with van der Waals surface area (Å²) in [7, 11) is 0. The van der Waals surface area contributed by atoms with Crippen molar-refractivity contribution < 1.29 is 14.6 Å². The van der Waals surface area contributed by atoms with Gasteiger partial charge < -0.3 is 15.2 Å². The van der Waals surface area contributed by atoms with Crippen LogP contribution in [0.3, 0.4) is 0 Å². The van der Waals surface area contributed by atoms with Crippen molar-refractivity contribution in [1.29, 1.82) is 0 Å². The van der Waals surface area contributed by atoms with E-state index in [0.717, 1.165) is 17.8 Å². The number of rotatable bonds is 4. The van der Waals surface area contributed by atoms with Gasteiger partial charge in [-0.05, 0) is 24.6 Å². The highest BCUT2D eigenvalue weighted by atomic mass is 16.5. The SMILES string of the molecule is O=C(CO)N[C@H]1CCO[C@@H]1c1ccnn1-c1ccccc1. The maximum atomic E-state index is 11.4. The van der Waals surface area contributed by atoms with Gasteiger partial charge in [-0.2, -0.15) is 5.10 Å². The number of carbonyl (C=O) groups excluding carboxylic acids is 1. The van der Waals surface area contributed by atoms with Crippen molar-refractivity contribution >= 4 is 5.91 Å². The molecule has 1 amide bonds. The number of nitrogens with zero attached hydrogens (tertiary/aromatic N) is 2. The van der Waals surface area contributed by atoms with Crippen LogP contribution in [-0.4, -0.2) is 40.0 Å². The summed E-state index contributed by atoms with van der Waals surface area (Å²) in [4.78, 5) is 11.4. The normalized spacial score (nSPS) is 21.4. The minimum Gasteiger partial charge on any atom is -0.387 e. The molecule has 1 fully saturated rings. The number of nitrogens with one attached hydrogen (secondary N) is 1. The third-order valence-corrected chi connectivity index (χ3v) is 3.55. The summed E-state index contributed by atoms with van der Waals surface area (Å²) in [5, 5.41) is 16.0. The molecule has 1 saturated heterocycles. The van der Waals surface area contributed by atoms with Gasteiger partial charge in [0.2, 0.25) is 5.91 Å². The van der Waals surface area contributed by atoms with Gasteiger partial charge in [0, 0.05) is 12.8 Å². The second kappa shape index (κ2) is 6.07. The molecule has 1 aromatic heterocycles. The van der Waals surface area contributed by atoms with Gasteiger partial charge in [-0.1, -0.05) is 18.2 Å². The van der Waals surface area contributed by atoms with Crippen molar-refractivity contribution in [2.24, 2.45) is 0 Å². The topological polar surface area (TPSA) is 76.4 Å². The lowest BCUT2D eigenvalue weighted by Crippen LogP contribution is -2.38. The number of benzene rings is 1. The fourth-order valence-corrected chi connectivity index (χ4v) is 2.60. The average Bonchev–Trinajstić information content (AvgIpc) is 3.16. The molecule has 0 unspecified atom stereocenters. The number of ether oxygens (including phenoxy) is 1. The molecule has 2 N–H and O–H groups in total. The molecule has 6 heteroatoms. The van der Waals surface area contributed by atoms with Crippen LogP contribution in [0.2, 0.25) is 0 Å². The first-order valence-electron chi connectivity index (χ1n) is 6.91. The summed E-state index contributed by atoms with van der Waals surface area (Å²) in [5.41, 5.74) is 1.84. The van der Waals surface area contributed by atoms with Crippen LogP contribution in [0.4, 0.5) is 0 Å². The number of hydrogen-bond donors (Lipinski definition) is 2. The summed E-state index contributed by atoms with van der Waals surface area (Å²) in [6, 6.07) is 11.5. The van der Waals surface area contributed by atoms with E-state index in [1.807, 2.05) is 41.1 Å². The molecule has 0 saturated carbocycles. The Morgan fingerprint density at radius 3 is 2.95 bits per heavy atom. The maximum absolute atomic E-state index is 11.4. The zero-order chi connectivity index (χ0) is 14.7. The number of hydrogen-bond acceptors (Lipinski definition) is 4. The molecular weight excluding hydrogens is 270 g/mol. The largest absolute Gasteiger partial charge is 0.387 e. The number of amides is 1. The van der Waals surface area contributed by atoms with Gasteiger partial charge >= 0.3 is 0 Å². The Labute approximate surface area is 122 Å². The van der Waals surface area contributed by atoms with Crippen molar-refractivity contribution in [3.05, 3.63) is 48.3 Å². The molecule has 6 nitrogen and oxygen atoms in total. The van der Waals surface area contributed by atoms with Crippen LogP contribution in [0.1, 0.15) is 18.2 Å². The van der Waals surface area contributed by atoms with Crippen LogP contribution in [-0.2, 0) is 9.53 Å². The minimum absolute atomic E-state index is 0.149. The maximum Gasteiger partial charge on any atom is 0.246 e. The molecular formula is C15H17N3O3. The van der Waals surface area contributed by atoms with Crippen LogP contribution in [0, 0.1) is 0 Å². The molecule has 2 heterocycles. The van der Waals surface area contributed by atoms with E-state index < -0.39 is 6.61 Å². The third kappa shape index (κ3) is 2.81. The molecule has 1 aliphatic rings. The van der Waals surface area contributed by atoms with E-state index in [2.05, 4.69) is 10.4 Å². The molecule has 2 atom stereocenters. The summed E-state index contributed by atoms with van der Waals surface area (Å²) in [6.07, 6.45) is 2.17. The fourth-order valence-electron chi connectivity index (χ4n) is 2.60. The minimum atomic E-state index is -0.513. The van der Waals surface area contributed by atoms with Crippen LogP contribution in [0.5, 0.6) is 0 Å². The van der Waals surface area contributed by atoms with Crippen molar-refractivity contribution in [2.45, 2.75) is 18.6 Å². The van der Waals surface area contributed by atoms with Crippen LogP contribution >= 0.6 is 0 Å². The second-order valence-corrected chi connectivity index (χ2v) is 4.92. The molecule has 21 heavy (non-hydrogen) atoms. The van der Waals surface area contributed by atoms with E-state index in [-0.39, 0.29) is 18.1 Å². The summed E-state index contributed by atoms with van der Waals surface area (Å²) in [6.45, 7) is 0.0577. The Hall–Kier alpha value is -2.18. The van der Waals surface area contributed by atoms with Crippen molar-refractivity contribution in [3.63, 3.8) is 0 Å². The van der Waals surface area contributed by atoms with Crippen molar-refractivity contribution in [2.75, 3.05) is 13.2 Å². The summed E-state index contributed by atoms with van der Waals surface area (Å²) < 4.78 is 7.57. The number of aromatic nitrogens is 2. The van der Waals surface area contributed by atoms with Crippen molar-refractivity contribution in [1.82, 2.24) is 15.1 Å². The highest BCUT2D eigenvalue weighted by molar-refractivity contribution is 5.77. The van der Waals surface area contributed by atoms with Gasteiger partial charge in [-0.15, -0.1) is 0 Å². The first-order chi connectivity index (χ1) is 10.3. The summed E-state index contributed by atoms with van der Waals surface area (Å²) in [5.74, 6) is -0.388. The molecule has 0 bridgehead atoms. The van der Waals surface area contributed by atoms with Gasteiger partial charge in [0.15, 0.2) is 0 Å². The molecule has 1 aromatic carbocycles. The zero-order valence-electron chi connectivity index (χ0n) is 11.5. The number of para-hydroxylation sites is 1. The first-order valence-corrected chi connectivity index (χ1v) is 6.91. The van der Waals surface area contributed by atoms with Crippen LogP contribution in [0.15, 0.2) is 42.6 Å². The first kappa shape index (κ1) is 13.8. The average molecular weight is 287 g/mol. The lowest BCUT2D eigenvalue weighted by Gasteiger charge is -2.20. The molecule has 0 radical (unpaired) electrons. The number of aliphatic hydroxyl groups is 1. The highest BCUT2D eigenvalue weighted by Crippen LogP contribution is 2.30. The van der Waals surface area contributed by atoms with Crippen LogP contribution in [0.25, 0.3) is 5.69 Å². The van der Waals surface area contributed by atoms with E-state index in [9.17, 15) is 4.79 Å². The molecule has 110 valence electrons. The Kier molecular flexibility index (Phi) is 3.98. The van der Waals surface area contributed by atoms with E-state index in [1.165, 1.54) is 0 Å².